The second kappa shape index (κ2) is 6.92. The third-order valence-corrected chi connectivity index (χ3v) is 4.05. The van der Waals surface area contributed by atoms with E-state index in [9.17, 15) is 0 Å². The molecule has 3 nitrogen and oxygen atoms in total. The van der Waals surface area contributed by atoms with Gasteiger partial charge in [0.1, 0.15) is 5.75 Å². The van der Waals surface area contributed by atoms with E-state index in [1.807, 2.05) is 12.1 Å². The van der Waals surface area contributed by atoms with Crippen LogP contribution in [0.3, 0.4) is 0 Å². The number of benzene rings is 1. The van der Waals surface area contributed by atoms with Crippen molar-refractivity contribution in [1.82, 2.24) is 5.32 Å². The van der Waals surface area contributed by atoms with Gasteiger partial charge < -0.3 is 14.8 Å². The van der Waals surface area contributed by atoms with Crippen LogP contribution in [-0.4, -0.2) is 26.4 Å². The summed E-state index contributed by atoms with van der Waals surface area (Å²) >= 11 is 0. The number of methoxy groups -OCH3 is 1. The summed E-state index contributed by atoms with van der Waals surface area (Å²) in [5.41, 5.74) is 1.30. The Labute approximate surface area is 116 Å². The van der Waals surface area contributed by atoms with E-state index in [2.05, 4.69) is 31.3 Å². The molecule has 1 aliphatic heterocycles. The monoisotopic (exact) mass is 263 g/mol. The van der Waals surface area contributed by atoms with Crippen molar-refractivity contribution in [2.24, 2.45) is 5.92 Å². The van der Waals surface area contributed by atoms with Crippen LogP contribution in [0.25, 0.3) is 0 Å². The average molecular weight is 263 g/mol. The van der Waals surface area contributed by atoms with Crippen molar-refractivity contribution in [2.45, 2.75) is 38.8 Å². The molecule has 3 heteroatoms. The van der Waals surface area contributed by atoms with Crippen molar-refractivity contribution < 1.29 is 9.47 Å². The highest BCUT2D eigenvalue weighted by Gasteiger charge is 2.26. The summed E-state index contributed by atoms with van der Waals surface area (Å²) < 4.78 is 10.9. The minimum absolute atomic E-state index is 0.365. The number of ether oxygens (including phenoxy) is 2. The summed E-state index contributed by atoms with van der Waals surface area (Å²) in [6.45, 7) is 6.36. The third-order valence-electron chi connectivity index (χ3n) is 4.05. The molecule has 0 spiro atoms. The highest BCUT2D eigenvalue weighted by Crippen LogP contribution is 2.24. The van der Waals surface area contributed by atoms with Gasteiger partial charge in [-0.05, 0) is 43.4 Å². The molecule has 2 rings (SSSR count). The van der Waals surface area contributed by atoms with Gasteiger partial charge in [-0.3, -0.25) is 0 Å². The van der Waals surface area contributed by atoms with Crippen molar-refractivity contribution in [1.29, 1.82) is 0 Å². The van der Waals surface area contributed by atoms with Crippen LogP contribution in [0.4, 0.5) is 0 Å². The zero-order valence-corrected chi connectivity index (χ0v) is 12.2. The van der Waals surface area contributed by atoms with Crippen molar-refractivity contribution in [3.8, 4) is 5.75 Å². The fraction of sp³-hybridized carbons (Fsp3) is 0.625. The molecule has 19 heavy (non-hydrogen) atoms. The fourth-order valence-electron chi connectivity index (χ4n) is 2.72. The topological polar surface area (TPSA) is 30.5 Å². The third kappa shape index (κ3) is 3.71. The number of hydrogen-bond donors (Lipinski definition) is 1. The van der Waals surface area contributed by atoms with E-state index in [1.54, 1.807) is 7.11 Å². The molecule has 0 aliphatic carbocycles. The maximum atomic E-state index is 5.73. The van der Waals surface area contributed by atoms with E-state index in [0.717, 1.165) is 25.3 Å². The van der Waals surface area contributed by atoms with Gasteiger partial charge in [0.15, 0.2) is 0 Å². The van der Waals surface area contributed by atoms with Gasteiger partial charge >= 0.3 is 0 Å². The van der Waals surface area contributed by atoms with Crippen LogP contribution >= 0.6 is 0 Å². The Kier molecular flexibility index (Phi) is 5.23. The van der Waals surface area contributed by atoms with Crippen molar-refractivity contribution in [2.75, 3.05) is 20.3 Å². The summed E-state index contributed by atoms with van der Waals surface area (Å²) in [7, 11) is 1.70. The Bertz CT molecular complexity index is 377. The van der Waals surface area contributed by atoms with Crippen LogP contribution in [-0.2, 0) is 4.74 Å². The molecular formula is C16H25NO2. The van der Waals surface area contributed by atoms with Crippen LogP contribution in [0.1, 0.15) is 38.3 Å². The lowest BCUT2D eigenvalue weighted by Crippen LogP contribution is -2.30. The number of nitrogens with one attached hydrogen (secondary N) is 1. The Morgan fingerprint density at radius 2 is 2.11 bits per heavy atom. The number of rotatable bonds is 6. The molecule has 3 unspecified atom stereocenters. The van der Waals surface area contributed by atoms with E-state index in [4.69, 9.17) is 9.47 Å². The summed E-state index contributed by atoms with van der Waals surface area (Å²) in [4.78, 5) is 0. The molecule has 0 radical (unpaired) electrons. The van der Waals surface area contributed by atoms with Crippen molar-refractivity contribution in [3.05, 3.63) is 29.8 Å². The van der Waals surface area contributed by atoms with Gasteiger partial charge in [0, 0.05) is 19.2 Å². The molecule has 0 saturated carbocycles. The molecule has 1 heterocycles. The predicted octanol–water partition coefficient (Wildman–Crippen LogP) is 3.16. The highest BCUT2D eigenvalue weighted by atomic mass is 16.5. The summed E-state index contributed by atoms with van der Waals surface area (Å²) in [6, 6.07) is 8.64. The van der Waals surface area contributed by atoms with Crippen LogP contribution in [0.15, 0.2) is 24.3 Å². The van der Waals surface area contributed by atoms with Crippen LogP contribution in [0.2, 0.25) is 0 Å². The van der Waals surface area contributed by atoms with Crippen LogP contribution < -0.4 is 10.1 Å². The first-order chi connectivity index (χ1) is 9.24. The van der Waals surface area contributed by atoms with Gasteiger partial charge in [0.25, 0.3) is 0 Å². The molecule has 1 aromatic carbocycles. The minimum atomic E-state index is 0.365. The fourth-order valence-corrected chi connectivity index (χ4v) is 2.72. The quantitative estimate of drug-likeness (QED) is 0.855. The van der Waals surface area contributed by atoms with E-state index >= 15 is 0 Å². The molecule has 1 aromatic rings. The summed E-state index contributed by atoms with van der Waals surface area (Å²) in [5.74, 6) is 1.57. The Morgan fingerprint density at radius 1 is 1.37 bits per heavy atom. The Balaban J connectivity index is 1.84. The molecule has 106 valence electrons. The second-order valence-corrected chi connectivity index (χ2v) is 5.27. The molecule has 3 atom stereocenters. The van der Waals surface area contributed by atoms with E-state index < -0.39 is 0 Å². The molecule has 1 fully saturated rings. The maximum Gasteiger partial charge on any atom is 0.118 e. The molecule has 1 N–H and O–H groups in total. The van der Waals surface area contributed by atoms with Crippen molar-refractivity contribution in [3.63, 3.8) is 0 Å². The largest absolute Gasteiger partial charge is 0.497 e. The SMILES string of the molecule is CCC1OCCC1CNC(C)c1ccc(OC)cc1. The van der Waals surface area contributed by atoms with Gasteiger partial charge in [-0.15, -0.1) is 0 Å². The molecule has 0 aromatic heterocycles. The van der Waals surface area contributed by atoms with Gasteiger partial charge in [-0.25, -0.2) is 0 Å². The number of hydrogen-bond acceptors (Lipinski definition) is 3. The zero-order valence-electron chi connectivity index (χ0n) is 12.2. The highest BCUT2D eigenvalue weighted by molar-refractivity contribution is 5.28. The predicted molar refractivity (Wildman–Crippen MR) is 77.5 cm³/mol. The first-order valence-corrected chi connectivity index (χ1v) is 7.23. The summed E-state index contributed by atoms with van der Waals surface area (Å²) in [6.07, 6.45) is 2.74. The maximum absolute atomic E-state index is 5.73. The van der Waals surface area contributed by atoms with Gasteiger partial charge in [0.2, 0.25) is 0 Å². The Morgan fingerprint density at radius 3 is 2.74 bits per heavy atom. The first kappa shape index (κ1) is 14.4. The van der Waals surface area contributed by atoms with Gasteiger partial charge in [-0.2, -0.15) is 0 Å². The van der Waals surface area contributed by atoms with E-state index in [-0.39, 0.29) is 0 Å². The smallest absolute Gasteiger partial charge is 0.118 e. The van der Waals surface area contributed by atoms with Gasteiger partial charge in [0.05, 0.1) is 13.2 Å². The first-order valence-electron chi connectivity index (χ1n) is 7.23. The molecular weight excluding hydrogens is 238 g/mol. The standard InChI is InChI=1S/C16H25NO2/c1-4-16-14(9-10-19-16)11-17-12(2)13-5-7-15(18-3)8-6-13/h5-8,12,14,16-17H,4,9-11H2,1-3H3. The van der Waals surface area contributed by atoms with E-state index in [0.29, 0.717) is 18.1 Å². The molecule has 1 saturated heterocycles. The Hall–Kier alpha value is -1.06. The minimum Gasteiger partial charge on any atom is -0.497 e. The van der Waals surface area contributed by atoms with Crippen LogP contribution in [0, 0.1) is 5.92 Å². The van der Waals surface area contributed by atoms with Crippen LogP contribution in [0.5, 0.6) is 5.75 Å². The normalized spacial score (nSPS) is 24.4. The molecule has 0 bridgehead atoms. The second-order valence-electron chi connectivity index (χ2n) is 5.27. The van der Waals surface area contributed by atoms with Crippen molar-refractivity contribution >= 4 is 0 Å². The van der Waals surface area contributed by atoms with E-state index in [1.165, 1.54) is 12.0 Å². The lowest BCUT2D eigenvalue weighted by atomic mass is 9.98. The molecule has 0 amide bonds. The lowest BCUT2D eigenvalue weighted by molar-refractivity contribution is 0.0867. The molecule has 1 aliphatic rings. The zero-order chi connectivity index (χ0) is 13.7. The average Bonchev–Trinajstić information content (AvgIpc) is 2.92. The lowest BCUT2D eigenvalue weighted by Gasteiger charge is -2.21. The van der Waals surface area contributed by atoms with Gasteiger partial charge in [-0.1, -0.05) is 19.1 Å². The summed E-state index contributed by atoms with van der Waals surface area (Å²) in [5, 5.41) is 3.62.